The highest BCUT2D eigenvalue weighted by Crippen LogP contribution is 2.41. The Morgan fingerprint density at radius 3 is 2.16 bits per heavy atom. The Balaban J connectivity index is 1.36. The first-order valence-corrected chi connectivity index (χ1v) is 15.5. The van der Waals surface area contributed by atoms with Crippen LogP contribution in [0.3, 0.4) is 0 Å². The summed E-state index contributed by atoms with van der Waals surface area (Å²) in [6, 6.07) is 44.6. The average Bonchev–Trinajstić information content (AvgIpc) is 3.54. The lowest BCUT2D eigenvalue weighted by Gasteiger charge is -2.34. The van der Waals surface area contributed by atoms with Crippen LogP contribution in [-0.2, 0) is 5.41 Å². The van der Waals surface area contributed by atoms with E-state index in [9.17, 15) is 0 Å². The van der Waals surface area contributed by atoms with Crippen LogP contribution in [-0.4, -0.2) is 15.8 Å². The van der Waals surface area contributed by atoms with Crippen molar-refractivity contribution in [1.82, 2.24) is 9.13 Å². The smallest absolute Gasteiger partial charge is 0.256 e. The van der Waals surface area contributed by atoms with E-state index in [0.717, 1.165) is 11.5 Å². The molecule has 0 fully saturated rings. The van der Waals surface area contributed by atoms with Crippen LogP contribution in [0.5, 0.6) is 11.5 Å². The van der Waals surface area contributed by atoms with Gasteiger partial charge in [0.25, 0.3) is 6.71 Å². The number of hydrogen-bond acceptors (Lipinski definition) is 1. The number of para-hydroxylation sites is 3. The van der Waals surface area contributed by atoms with E-state index in [2.05, 4.69) is 151 Å². The zero-order valence-electron chi connectivity index (χ0n) is 24.9. The molecule has 4 heterocycles. The van der Waals surface area contributed by atoms with Crippen molar-refractivity contribution in [2.75, 3.05) is 0 Å². The number of nitrogens with zero attached hydrogens (tertiary/aromatic N) is 2. The molecule has 6 aromatic carbocycles. The highest BCUT2D eigenvalue weighted by molar-refractivity contribution is 6.99. The van der Waals surface area contributed by atoms with Gasteiger partial charge in [0.15, 0.2) is 0 Å². The molecular formula is C40H29BN2O. The van der Waals surface area contributed by atoms with Gasteiger partial charge in [0.05, 0.1) is 16.6 Å². The molecule has 0 spiro atoms. The lowest BCUT2D eigenvalue weighted by atomic mass is 9.34. The number of fused-ring (bicyclic) bond motifs is 10. The predicted octanol–water partition coefficient (Wildman–Crippen LogP) is 8.11. The lowest BCUT2D eigenvalue weighted by Crippen LogP contribution is -2.58. The van der Waals surface area contributed by atoms with Crippen molar-refractivity contribution in [3.05, 3.63) is 127 Å². The second-order valence-corrected chi connectivity index (χ2v) is 13.4. The van der Waals surface area contributed by atoms with Crippen molar-refractivity contribution in [3.8, 4) is 22.9 Å². The predicted molar refractivity (Wildman–Crippen MR) is 185 cm³/mol. The van der Waals surface area contributed by atoms with Crippen LogP contribution in [0.2, 0.25) is 0 Å². The summed E-state index contributed by atoms with van der Waals surface area (Å²) in [4.78, 5) is 0. The molecule has 0 amide bonds. The van der Waals surface area contributed by atoms with E-state index in [1.165, 1.54) is 76.9 Å². The third-order valence-corrected chi connectivity index (χ3v) is 9.92. The van der Waals surface area contributed by atoms with Gasteiger partial charge in [-0.2, -0.15) is 0 Å². The van der Waals surface area contributed by atoms with Crippen LogP contribution < -0.4 is 21.1 Å². The van der Waals surface area contributed by atoms with E-state index < -0.39 is 0 Å². The Bertz CT molecular complexity index is 2510. The van der Waals surface area contributed by atoms with Crippen LogP contribution in [0.15, 0.2) is 121 Å². The molecule has 2 aliphatic rings. The minimum absolute atomic E-state index is 0.0475. The van der Waals surface area contributed by atoms with E-state index in [1.54, 1.807) is 0 Å². The highest BCUT2D eigenvalue weighted by Gasteiger charge is 2.40. The first-order chi connectivity index (χ1) is 21.5. The minimum Gasteiger partial charge on any atom is -0.458 e. The zero-order chi connectivity index (χ0) is 29.3. The Labute approximate surface area is 256 Å². The first-order valence-electron chi connectivity index (χ1n) is 15.5. The third kappa shape index (κ3) is 3.03. The molecule has 0 N–H and O–H groups in total. The van der Waals surface area contributed by atoms with Gasteiger partial charge in [0, 0.05) is 38.4 Å². The molecule has 0 saturated heterocycles. The molecule has 8 aromatic rings. The lowest BCUT2D eigenvalue weighted by molar-refractivity contribution is 0.486. The van der Waals surface area contributed by atoms with Gasteiger partial charge in [0.2, 0.25) is 0 Å². The van der Waals surface area contributed by atoms with Gasteiger partial charge >= 0.3 is 0 Å². The maximum atomic E-state index is 6.66. The molecule has 4 heteroatoms. The van der Waals surface area contributed by atoms with Crippen molar-refractivity contribution in [1.29, 1.82) is 0 Å². The molecule has 0 unspecified atom stereocenters. The van der Waals surface area contributed by atoms with Crippen LogP contribution in [0.4, 0.5) is 0 Å². The van der Waals surface area contributed by atoms with Gasteiger partial charge < -0.3 is 13.9 Å². The third-order valence-electron chi connectivity index (χ3n) is 9.92. The van der Waals surface area contributed by atoms with E-state index >= 15 is 0 Å². The van der Waals surface area contributed by atoms with Crippen molar-refractivity contribution in [2.45, 2.75) is 26.2 Å². The van der Waals surface area contributed by atoms with E-state index in [-0.39, 0.29) is 12.1 Å². The van der Waals surface area contributed by atoms with Gasteiger partial charge in [-0.05, 0) is 75.9 Å². The summed E-state index contributed by atoms with van der Waals surface area (Å²) in [5.74, 6) is 1.91. The SMILES string of the molecule is CC(C)(C)c1ccc2c(c1)B1c3c(cccc3-n3c4cc5c(cc4c4cccc1c43)c1ccccc1n5-c1ccccc1)O2. The number of ether oxygens (including phenoxy) is 1. The van der Waals surface area contributed by atoms with Gasteiger partial charge in [-0.1, -0.05) is 93.6 Å². The monoisotopic (exact) mass is 564 g/mol. The van der Waals surface area contributed by atoms with Crippen LogP contribution in [0, 0.1) is 0 Å². The first kappa shape index (κ1) is 24.3. The summed E-state index contributed by atoms with van der Waals surface area (Å²) in [5, 5.41) is 5.13. The van der Waals surface area contributed by atoms with E-state index in [4.69, 9.17) is 4.74 Å². The second-order valence-electron chi connectivity index (χ2n) is 13.4. The van der Waals surface area contributed by atoms with Gasteiger partial charge in [-0.15, -0.1) is 0 Å². The standard InChI is InChI=1S/C40H29BN2O/c1-40(2,3)24-19-20-36-31(21-24)41-30-15-9-14-27-29-22-28-26-13-7-8-16-32(26)42(25-11-5-4-6-12-25)34(28)23-35(29)43(39(27)30)33-17-10-18-37(44-36)38(33)41/h4-23H,1-3H3. The van der Waals surface area contributed by atoms with Crippen molar-refractivity contribution < 1.29 is 4.74 Å². The molecule has 208 valence electrons. The van der Waals surface area contributed by atoms with E-state index in [1.807, 2.05) is 0 Å². The summed E-state index contributed by atoms with van der Waals surface area (Å²) >= 11 is 0. The molecule has 0 bridgehead atoms. The fourth-order valence-corrected chi connectivity index (χ4v) is 7.93. The van der Waals surface area contributed by atoms with Crippen molar-refractivity contribution in [2.24, 2.45) is 0 Å². The summed E-state index contributed by atoms with van der Waals surface area (Å²) < 4.78 is 11.6. The molecule has 2 aliphatic heterocycles. The summed E-state index contributed by atoms with van der Waals surface area (Å²) in [5.41, 5.74) is 12.6. The number of hydrogen-bond donors (Lipinski definition) is 0. The van der Waals surface area contributed by atoms with Crippen molar-refractivity contribution >= 4 is 66.7 Å². The topological polar surface area (TPSA) is 19.1 Å². The van der Waals surface area contributed by atoms with Crippen LogP contribution in [0.1, 0.15) is 26.3 Å². The maximum absolute atomic E-state index is 6.66. The molecule has 0 radical (unpaired) electrons. The normalized spacial score (nSPS) is 13.5. The zero-order valence-corrected chi connectivity index (χ0v) is 24.9. The molecule has 10 rings (SSSR count). The molecule has 2 aromatic heterocycles. The summed E-state index contributed by atoms with van der Waals surface area (Å²) in [7, 11) is 0. The second kappa shape index (κ2) is 8.24. The Hall–Kier alpha value is -5.22. The number of aromatic nitrogens is 2. The largest absolute Gasteiger partial charge is 0.458 e. The molecule has 3 nitrogen and oxygen atoms in total. The van der Waals surface area contributed by atoms with Crippen molar-refractivity contribution in [3.63, 3.8) is 0 Å². The maximum Gasteiger partial charge on any atom is 0.256 e. The molecule has 0 saturated carbocycles. The Morgan fingerprint density at radius 2 is 1.30 bits per heavy atom. The molecular weight excluding hydrogens is 535 g/mol. The Morgan fingerprint density at radius 1 is 0.545 bits per heavy atom. The molecule has 0 atom stereocenters. The van der Waals surface area contributed by atoms with Gasteiger partial charge in [0.1, 0.15) is 11.5 Å². The quantitative estimate of drug-likeness (QED) is 0.184. The minimum atomic E-state index is 0.0475. The van der Waals surface area contributed by atoms with Gasteiger partial charge in [-0.3, -0.25) is 0 Å². The summed E-state index contributed by atoms with van der Waals surface area (Å²) in [6.07, 6.45) is 0. The Kier molecular flexibility index (Phi) is 4.54. The molecule has 44 heavy (non-hydrogen) atoms. The number of benzene rings is 6. The van der Waals surface area contributed by atoms with Gasteiger partial charge in [-0.25, -0.2) is 0 Å². The average molecular weight is 564 g/mol. The van der Waals surface area contributed by atoms with Crippen LogP contribution in [0.25, 0.3) is 55.0 Å². The highest BCUT2D eigenvalue weighted by atomic mass is 16.5. The van der Waals surface area contributed by atoms with E-state index in [0.29, 0.717) is 0 Å². The van der Waals surface area contributed by atoms with Crippen LogP contribution >= 0.6 is 0 Å². The fourth-order valence-electron chi connectivity index (χ4n) is 7.93. The fraction of sp³-hybridized carbons (Fsp3) is 0.100. The molecule has 0 aliphatic carbocycles. The number of rotatable bonds is 1. The summed E-state index contributed by atoms with van der Waals surface area (Å²) in [6.45, 7) is 6.97.